The fraction of sp³-hybridized carbons (Fsp3) is 0.500. The zero-order chi connectivity index (χ0) is 11.5. The largest absolute Gasteiger partial charge is 0.316 e. The van der Waals surface area contributed by atoms with Crippen LogP contribution in [0.3, 0.4) is 0 Å². The number of nitrogens with one attached hydrogen (secondary N) is 1. The Balaban J connectivity index is 2.34. The van der Waals surface area contributed by atoms with Gasteiger partial charge in [-0.1, -0.05) is 0 Å². The summed E-state index contributed by atoms with van der Waals surface area (Å²) in [5.41, 5.74) is 0.525. The molecule has 0 amide bonds. The zero-order valence-electron chi connectivity index (χ0n) is 9.22. The van der Waals surface area contributed by atoms with Crippen molar-refractivity contribution < 1.29 is 8.78 Å². The minimum absolute atomic E-state index is 0.107. The van der Waals surface area contributed by atoms with Gasteiger partial charge in [0.1, 0.15) is 11.6 Å². The van der Waals surface area contributed by atoms with Crippen LogP contribution in [0.4, 0.5) is 8.78 Å². The van der Waals surface area contributed by atoms with Crippen LogP contribution in [0, 0.1) is 11.6 Å². The van der Waals surface area contributed by atoms with Crippen molar-refractivity contribution in [3.05, 3.63) is 29.3 Å². The molecule has 1 unspecified atom stereocenters. The third-order valence-electron chi connectivity index (χ3n) is 2.99. The molecule has 2 rings (SSSR count). The van der Waals surface area contributed by atoms with Gasteiger partial charge in [0.2, 0.25) is 0 Å². The molecule has 1 saturated heterocycles. The molecular formula is C12H15F2NS. The molecule has 1 aliphatic heterocycles. The molecule has 1 atom stereocenters. The van der Waals surface area contributed by atoms with Crippen LogP contribution < -0.4 is 5.32 Å². The molecular weight excluding hydrogens is 228 g/mol. The molecule has 4 heteroatoms. The summed E-state index contributed by atoms with van der Waals surface area (Å²) >= 11 is 1.25. The third-order valence-corrected chi connectivity index (χ3v) is 3.73. The van der Waals surface area contributed by atoms with E-state index in [0.717, 1.165) is 25.9 Å². The summed E-state index contributed by atoms with van der Waals surface area (Å²) in [5.74, 6) is -0.482. The van der Waals surface area contributed by atoms with Gasteiger partial charge < -0.3 is 5.32 Å². The monoisotopic (exact) mass is 243 g/mol. The van der Waals surface area contributed by atoms with E-state index in [1.54, 1.807) is 6.26 Å². The van der Waals surface area contributed by atoms with Crippen molar-refractivity contribution in [3.8, 4) is 0 Å². The van der Waals surface area contributed by atoms with Crippen molar-refractivity contribution in [1.29, 1.82) is 0 Å². The zero-order valence-corrected chi connectivity index (χ0v) is 10.0. The van der Waals surface area contributed by atoms with Gasteiger partial charge >= 0.3 is 0 Å². The van der Waals surface area contributed by atoms with E-state index in [-0.39, 0.29) is 17.6 Å². The molecule has 0 radical (unpaired) electrons. The average molecular weight is 243 g/mol. The number of rotatable bonds is 2. The highest BCUT2D eigenvalue weighted by atomic mass is 32.2. The van der Waals surface area contributed by atoms with Gasteiger partial charge in [-0.15, -0.1) is 11.8 Å². The Morgan fingerprint density at radius 1 is 1.38 bits per heavy atom. The summed E-state index contributed by atoms with van der Waals surface area (Å²) in [7, 11) is 0. The van der Waals surface area contributed by atoms with Gasteiger partial charge in [-0.3, -0.25) is 0 Å². The van der Waals surface area contributed by atoms with Crippen molar-refractivity contribution in [3.63, 3.8) is 0 Å². The number of piperidine rings is 1. The molecule has 0 aromatic heterocycles. The first-order valence-electron chi connectivity index (χ1n) is 5.46. The molecule has 1 N–H and O–H groups in total. The Kier molecular flexibility index (Phi) is 3.82. The normalized spacial score (nSPS) is 21.1. The molecule has 16 heavy (non-hydrogen) atoms. The topological polar surface area (TPSA) is 12.0 Å². The molecule has 1 aromatic carbocycles. The highest BCUT2D eigenvalue weighted by Crippen LogP contribution is 2.31. The lowest BCUT2D eigenvalue weighted by atomic mass is 9.91. The van der Waals surface area contributed by atoms with Crippen molar-refractivity contribution in [1.82, 2.24) is 5.32 Å². The maximum atomic E-state index is 14.0. The first-order chi connectivity index (χ1) is 7.72. The van der Waals surface area contributed by atoms with Gasteiger partial charge in [0.15, 0.2) is 0 Å². The van der Waals surface area contributed by atoms with Crippen LogP contribution in [0.2, 0.25) is 0 Å². The van der Waals surface area contributed by atoms with E-state index in [4.69, 9.17) is 0 Å². The Labute approximate surface area is 98.6 Å². The quantitative estimate of drug-likeness (QED) is 0.801. The van der Waals surface area contributed by atoms with Gasteiger partial charge in [-0.25, -0.2) is 8.78 Å². The van der Waals surface area contributed by atoms with E-state index in [1.807, 2.05) is 0 Å². The lowest BCUT2D eigenvalue weighted by Crippen LogP contribution is -2.29. The van der Waals surface area contributed by atoms with Gasteiger partial charge in [-0.05, 0) is 49.3 Å². The van der Waals surface area contributed by atoms with Gasteiger partial charge in [-0.2, -0.15) is 0 Å². The molecule has 1 fully saturated rings. The van der Waals surface area contributed by atoms with E-state index in [2.05, 4.69) is 5.32 Å². The highest BCUT2D eigenvalue weighted by Gasteiger charge is 2.21. The van der Waals surface area contributed by atoms with Crippen LogP contribution in [0.15, 0.2) is 17.0 Å². The van der Waals surface area contributed by atoms with Crippen molar-refractivity contribution >= 4 is 11.8 Å². The average Bonchev–Trinajstić information content (AvgIpc) is 2.33. The predicted molar refractivity (Wildman–Crippen MR) is 63.0 cm³/mol. The molecule has 1 nitrogen and oxygen atoms in total. The lowest BCUT2D eigenvalue weighted by Gasteiger charge is -2.24. The van der Waals surface area contributed by atoms with E-state index < -0.39 is 0 Å². The molecule has 1 heterocycles. The van der Waals surface area contributed by atoms with E-state index >= 15 is 0 Å². The SMILES string of the molecule is CSc1cc(F)cc(C2CCCNC2)c1F. The molecule has 1 aliphatic rings. The molecule has 0 spiro atoms. The number of hydrogen-bond donors (Lipinski definition) is 1. The fourth-order valence-corrected chi connectivity index (χ4v) is 2.67. The predicted octanol–water partition coefficient (Wildman–Crippen LogP) is 3.15. The molecule has 0 aliphatic carbocycles. The summed E-state index contributed by atoms with van der Waals surface area (Å²) in [5, 5.41) is 3.22. The van der Waals surface area contributed by atoms with E-state index in [1.165, 1.54) is 23.9 Å². The van der Waals surface area contributed by atoms with Crippen LogP contribution in [0.1, 0.15) is 24.3 Å². The third kappa shape index (κ3) is 2.38. The molecule has 88 valence electrons. The number of hydrogen-bond acceptors (Lipinski definition) is 2. The van der Waals surface area contributed by atoms with E-state index in [0.29, 0.717) is 10.5 Å². The second-order valence-corrected chi connectivity index (χ2v) is 4.90. The summed E-state index contributed by atoms with van der Waals surface area (Å²) in [6.45, 7) is 1.72. The second-order valence-electron chi connectivity index (χ2n) is 4.05. The minimum Gasteiger partial charge on any atom is -0.316 e. The lowest BCUT2D eigenvalue weighted by molar-refractivity contribution is 0.439. The highest BCUT2D eigenvalue weighted by molar-refractivity contribution is 7.98. The van der Waals surface area contributed by atoms with Gasteiger partial charge in [0.25, 0.3) is 0 Å². The Morgan fingerprint density at radius 3 is 2.81 bits per heavy atom. The summed E-state index contributed by atoms with van der Waals surface area (Å²) in [4.78, 5) is 0.403. The van der Waals surface area contributed by atoms with Crippen LogP contribution in [0.25, 0.3) is 0 Å². The number of thioether (sulfide) groups is 1. The van der Waals surface area contributed by atoms with Crippen LogP contribution in [-0.2, 0) is 0 Å². The van der Waals surface area contributed by atoms with E-state index in [9.17, 15) is 8.78 Å². The number of halogens is 2. The van der Waals surface area contributed by atoms with Gasteiger partial charge in [0, 0.05) is 11.4 Å². The molecule has 1 aromatic rings. The molecule has 0 saturated carbocycles. The van der Waals surface area contributed by atoms with Crippen molar-refractivity contribution in [2.24, 2.45) is 0 Å². The number of benzene rings is 1. The van der Waals surface area contributed by atoms with Gasteiger partial charge in [0.05, 0.1) is 0 Å². The fourth-order valence-electron chi connectivity index (χ4n) is 2.15. The summed E-state index contributed by atoms with van der Waals surface area (Å²) in [6.07, 6.45) is 3.72. The summed E-state index contributed by atoms with van der Waals surface area (Å²) in [6, 6.07) is 2.60. The van der Waals surface area contributed by atoms with Crippen molar-refractivity contribution in [2.75, 3.05) is 19.3 Å². The summed E-state index contributed by atoms with van der Waals surface area (Å²) < 4.78 is 27.4. The Morgan fingerprint density at radius 2 is 2.19 bits per heavy atom. The standard InChI is InChI=1S/C12H15F2NS/c1-16-11-6-9(13)5-10(12(11)14)8-3-2-4-15-7-8/h5-6,8,15H,2-4,7H2,1H3. The second kappa shape index (κ2) is 5.15. The maximum Gasteiger partial charge on any atom is 0.140 e. The molecule has 0 bridgehead atoms. The van der Waals surface area contributed by atoms with Crippen LogP contribution in [0.5, 0.6) is 0 Å². The maximum absolute atomic E-state index is 14.0. The first kappa shape index (κ1) is 11.9. The van der Waals surface area contributed by atoms with Crippen molar-refractivity contribution in [2.45, 2.75) is 23.7 Å². The van der Waals surface area contributed by atoms with Crippen LogP contribution in [-0.4, -0.2) is 19.3 Å². The van der Waals surface area contributed by atoms with Crippen LogP contribution >= 0.6 is 11.8 Å². The smallest absolute Gasteiger partial charge is 0.140 e. The Bertz CT molecular complexity index is 376. The first-order valence-corrected chi connectivity index (χ1v) is 6.68. The Hall–Kier alpha value is -0.610. The minimum atomic E-state index is -0.341.